The number of rotatable bonds is 5. The van der Waals surface area contributed by atoms with E-state index >= 15 is 0 Å². The van der Waals surface area contributed by atoms with Gasteiger partial charge in [0.1, 0.15) is 5.75 Å². The van der Waals surface area contributed by atoms with Gasteiger partial charge in [-0.3, -0.25) is 0 Å². The van der Waals surface area contributed by atoms with E-state index < -0.39 is 18.6 Å². The van der Waals surface area contributed by atoms with E-state index in [1.807, 2.05) is 0 Å². The molecule has 0 heterocycles. The van der Waals surface area contributed by atoms with Crippen LogP contribution in [0.15, 0.2) is 24.3 Å². The molecule has 17 heavy (non-hydrogen) atoms. The predicted molar refractivity (Wildman–Crippen MR) is 60.1 cm³/mol. The van der Waals surface area contributed by atoms with Crippen LogP contribution in [0.1, 0.15) is 0 Å². The minimum atomic E-state index is -4.27. The highest BCUT2D eigenvalue weighted by Crippen LogP contribution is 2.26. The Morgan fingerprint density at radius 1 is 1.29 bits per heavy atom. The highest BCUT2D eigenvalue weighted by atomic mass is 19.4. The summed E-state index contributed by atoms with van der Waals surface area (Å²) in [6, 6.07) is 6.66. The molecule has 0 aliphatic rings. The zero-order valence-corrected chi connectivity index (χ0v) is 9.42. The van der Waals surface area contributed by atoms with E-state index in [4.69, 9.17) is 10.5 Å². The van der Waals surface area contributed by atoms with E-state index in [-0.39, 0.29) is 6.54 Å². The van der Waals surface area contributed by atoms with Gasteiger partial charge in [0, 0.05) is 18.8 Å². The van der Waals surface area contributed by atoms with Crippen LogP contribution in [0.3, 0.4) is 0 Å². The number of nitrogens with one attached hydrogen (secondary N) is 1. The van der Waals surface area contributed by atoms with Crippen molar-refractivity contribution in [3.8, 4) is 5.75 Å². The van der Waals surface area contributed by atoms with Crippen LogP contribution < -0.4 is 15.8 Å². The Bertz CT molecular complexity index is 338. The minimum absolute atomic E-state index is 0.230. The van der Waals surface area contributed by atoms with Crippen molar-refractivity contribution >= 4 is 5.69 Å². The van der Waals surface area contributed by atoms with Gasteiger partial charge in [-0.05, 0) is 24.3 Å². The average Bonchev–Trinajstić information content (AvgIpc) is 2.29. The Morgan fingerprint density at radius 2 is 1.88 bits per heavy atom. The third-order valence-electron chi connectivity index (χ3n) is 2.39. The molecule has 6 heteroatoms. The van der Waals surface area contributed by atoms with Crippen molar-refractivity contribution in [2.24, 2.45) is 11.7 Å². The maximum Gasteiger partial charge on any atom is 0.394 e. The topological polar surface area (TPSA) is 47.3 Å². The molecule has 96 valence electrons. The molecule has 0 saturated heterocycles. The third-order valence-corrected chi connectivity index (χ3v) is 2.39. The Kier molecular flexibility index (Phi) is 4.62. The Morgan fingerprint density at radius 3 is 2.29 bits per heavy atom. The highest BCUT2D eigenvalue weighted by molar-refractivity contribution is 5.46. The molecule has 1 atom stereocenters. The number of anilines is 1. The fraction of sp³-hybridized carbons (Fsp3) is 0.455. The lowest BCUT2D eigenvalue weighted by atomic mass is 10.1. The molecule has 0 saturated carbocycles. The van der Waals surface area contributed by atoms with Crippen LogP contribution in [0.2, 0.25) is 0 Å². The van der Waals surface area contributed by atoms with Crippen molar-refractivity contribution in [1.29, 1.82) is 0 Å². The van der Waals surface area contributed by atoms with Gasteiger partial charge in [-0.15, -0.1) is 0 Å². The van der Waals surface area contributed by atoms with Crippen molar-refractivity contribution < 1.29 is 17.9 Å². The number of hydrogen-bond donors (Lipinski definition) is 2. The quantitative estimate of drug-likeness (QED) is 0.840. The first kappa shape index (κ1) is 13.6. The van der Waals surface area contributed by atoms with Crippen LogP contribution >= 0.6 is 0 Å². The first-order valence-electron chi connectivity index (χ1n) is 5.12. The fourth-order valence-corrected chi connectivity index (χ4v) is 1.28. The molecule has 3 N–H and O–H groups in total. The average molecular weight is 248 g/mol. The van der Waals surface area contributed by atoms with Crippen molar-refractivity contribution in [2.75, 3.05) is 25.5 Å². The molecule has 0 aliphatic heterocycles. The van der Waals surface area contributed by atoms with Gasteiger partial charge >= 0.3 is 6.18 Å². The standard InChI is InChI=1S/C11H15F3N2O/c1-17-10-4-2-9(3-5-10)16-7-8(6-15)11(12,13)14/h2-5,8,16H,6-7,15H2,1H3. The molecule has 0 amide bonds. The van der Waals surface area contributed by atoms with E-state index in [1.54, 1.807) is 24.3 Å². The minimum Gasteiger partial charge on any atom is -0.497 e. The van der Waals surface area contributed by atoms with E-state index in [0.29, 0.717) is 11.4 Å². The van der Waals surface area contributed by atoms with Crippen LogP contribution in [-0.4, -0.2) is 26.4 Å². The SMILES string of the molecule is COc1ccc(NCC(CN)C(F)(F)F)cc1. The summed E-state index contributed by atoms with van der Waals surface area (Å²) in [4.78, 5) is 0. The molecule has 0 aliphatic carbocycles. The van der Waals surface area contributed by atoms with Crippen LogP contribution in [-0.2, 0) is 0 Å². The summed E-state index contributed by atoms with van der Waals surface area (Å²) in [7, 11) is 1.52. The molecule has 1 unspecified atom stereocenters. The predicted octanol–water partition coefficient (Wildman–Crippen LogP) is 2.24. The lowest BCUT2D eigenvalue weighted by molar-refractivity contribution is -0.167. The molecule has 0 spiro atoms. The number of alkyl halides is 3. The molecule has 1 rings (SSSR count). The van der Waals surface area contributed by atoms with Crippen molar-refractivity contribution in [3.63, 3.8) is 0 Å². The summed E-state index contributed by atoms with van der Waals surface area (Å²) in [6.45, 7) is -0.654. The summed E-state index contributed by atoms with van der Waals surface area (Å²) < 4.78 is 42.1. The van der Waals surface area contributed by atoms with E-state index in [9.17, 15) is 13.2 Å². The van der Waals surface area contributed by atoms with Crippen molar-refractivity contribution in [3.05, 3.63) is 24.3 Å². The molecular weight excluding hydrogens is 233 g/mol. The van der Waals surface area contributed by atoms with Crippen LogP contribution in [0.25, 0.3) is 0 Å². The van der Waals surface area contributed by atoms with Crippen molar-refractivity contribution in [1.82, 2.24) is 0 Å². The lowest BCUT2D eigenvalue weighted by Crippen LogP contribution is -2.35. The van der Waals surface area contributed by atoms with E-state index in [0.717, 1.165) is 0 Å². The number of halogens is 3. The zero-order valence-electron chi connectivity index (χ0n) is 9.42. The first-order valence-corrected chi connectivity index (χ1v) is 5.12. The maximum atomic E-state index is 12.4. The molecule has 0 aromatic heterocycles. The molecular formula is C11H15F3N2O. The third kappa shape index (κ3) is 4.14. The summed E-state index contributed by atoms with van der Waals surface area (Å²) in [6.07, 6.45) is -4.27. The fourth-order valence-electron chi connectivity index (χ4n) is 1.28. The number of methoxy groups -OCH3 is 1. The molecule has 0 radical (unpaired) electrons. The van der Waals surface area contributed by atoms with E-state index in [1.165, 1.54) is 7.11 Å². The summed E-state index contributed by atoms with van der Waals surface area (Å²) >= 11 is 0. The summed E-state index contributed by atoms with van der Waals surface area (Å²) in [5, 5.41) is 2.70. The Balaban J connectivity index is 2.54. The number of ether oxygens (including phenoxy) is 1. The van der Waals surface area contributed by atoms with E-state index in [2.05, 4.69) is 5.32 Å². The van der Waals surface area contributed by atoms with Gasteiger partial charge in [0.25, 0.3) is 0 Å². The molecule has 1 aromatic carbocycles. The van der Waals surface area contributed by atoms with Gasteiger partial charge in [-0.25, -0.2) is 0 Å². The van der Waals surface area contributed by atoms with Gasteiger partial charge in [0.15, 0.2) is 0 Å². The second-order valence-corrected chi connectivity index (χ2v) is 3.58. The number of nitrogens with two attached hydrogens (primary N) is 1. The van der Waals surface area contributed by atoms with Gasteiger partial charge in [-0.2, -0.15) is 13.2 Å². The normalized spacial score (nSPS) is 13.2. The van der Waals surface area contributed by atoms with Gasteiger partial charge < -0.3 is 15.8 Å². The second kappa shape index (κ2) is 5.77. The first-order chi connectivity index (χ1) is 7.97. The van der Waals surface area contributed by atoms with Crippen LogP contribution in [0.5, 0.6) is 5.75 Å². The van der Waals surface area contributed by atoms with Gasteiger partial charge in [0.2, 0.25) is 0 Å². The molecule has 3 nitrogen and oxygen atoms in total. The smallest absolute Gasteiger partial charge is 0.394 e. The number of hydrogen-bond acceptors (Lipinski definition) is 3. The van der Waals surface area contributed by atoms with Crippen LogP contribution in [0, 0.1) is 5.92 Å². The zero-order chi connectivity index (χ0) is 12.9. The Labute approximate surface area is 97.8 Å². The van der Waals surface area contributed by atoms with Gasteiger partial charge in [-0.1, -0.05) is 0 Å². The summed E-state index contributed by atoms with van der Waals surface area (Å²) in [5.41, 5.74) is 5.69. The maximum absolute atomic E-state index is 12.4. The second-order valence-electron chi connectivity index (χ2n) is 3.58. The monoisotopic (exact) mass is 248 g/mol. The van der Waals surface area contributed by atoms with Crippen LogP contribution in [0.4, 0.5) is 18.9 Å². The lowest BCUT2D eigenvalue weighted by Gasteiger charge is -2.19. The molecule has 0 bridgehead atoms. The van der Waals surface area contributed by atoms with Crippen molar-refractivity contribution in [2.45, 2.75) is 6.18 Å². The highest BCUT2D eigenvalue weighted by Gasteiger charge is 2.38. The largest absolute Gasteiger partial charge is 0.497 e. The molecule has 1 aromatic rings. The van der Waals surface area contributed by atoms with Gasteiger partial charge in [0.05, 0.1) is 13.0 Å². The Hall–Kier alpha value is -1.43. The summed E-state index contributed by atoms with van der Waals surface area (Å²) in [5.74, 6) is -0.883. The molecule has 0 fully saturated rings. The number of benzene rings is 1.